The highest BCUT2D eigenvalue weighted by molar-refractivity contribution is 7.10. The Labute approximate surface area is 99.5 Å². The molecule has 2 rings (SSSR count). The van der Waals surface area contributed by atoms with Crippen LogP contribution in [0.2, 0.25) is 0 Å². The van der Waals surface area contributed by atoms with Gasteiger partial charge in [-0.05, 0) is 36.6 Å². The average molecular weight is 240 g/mol. The lowest BCUT2D eigenvalue weighted by Gasteiger charge is -2.11. The Bertz CT molecular complexity index is 392. The molecular weight excluding hydrogens is 226 g/mol. The van der Waals surface area contributed by atoms with Crippen LogP contribution in [0.25, 0.3) is 0 Å². The fourth-order valence-corrected chi connectivity index (χ4v) is 2.86. The molecule has 1 aliphatic carbocycles. The van der Waals surface area contributed by atoms with Gasteiger partial charge in [0.15, 0.2) is 0 Å². The van der Waals surface area contributed by atoms with Crippen molar-refractivity contribution in [2.24, 2.45) is 0 Å². The Morgan fingerprint density at radius 3 is 3.13 bits per heavy atom. The molecule has 80 valence electrons. The molecule has 1 nitrogen and oxygen atoms in total. The summed E-state index contributed by atoms with van der Waals surface area (Å²) < 4.78 is 0. The normalized spacial score (nSPS) is 20.4. The average Bonchev–Trinajstić information content (AvgIpc) is 2.68. The van der Waals surface area contributed by atoms with Crippen LogP contribution in [0, 0.1) is 0 Å². The molecule has 15 heavy (non-hydrogen) atoms. The molecular formula is C12H14ClNS. The zero-order chi connectivity index (χ0) is 10.7. The second-order valence-corrected chi connectivity index (χ2v) is 5.06. The molecule has 1 heterocycles. The third-order valence-corrected chi connectivity index (χ3v) is 3.87. The summed E-state index contributed by atoms with van der Waals surface area (Å²) in [5.41, 5.74) is 1.37. The van der Waals surface area contributed by atoms with E-state index in [1.807, 2.05) is 24.5 Å². The van der Waals surface area contributed by atoms with Crippen molar-refractivity contribution in [1.82, 2.24) is 5.32 Å². The SMILES string of the molecule is CNCc1csc(C2C=CC(Cl)=CC2)c1. The third kappa shape index (κ3) is 2.71. The van der Waals surface area contributed by atoms with Crippen LogP contribution in [-0.2, 0) is 6.54 Å². The van der Waals surface area contributed by atoms with Crippen LogP contribution in [0.1, 0.15) is 22.8 Å². The number of nitrogens with one attached hydrogen (secondary N) is 1. The Balaban J connectivity index is 2.07. The van der Waals surface area contributed by atoms with E-state index in [0.29, 0.717) is 5.92 Å². The van der Waals surface area contributed by atoms with Gasteiger partial charge in [0.25, 0.3) is 0 Å². The minimum Gasteiger partial charge on any atom is -0.316 e. The van der Waals surface area contributed by atoms with Gasteiger partial charge in [-0.25, -0.2) is 0 Å². The van der Waals surface area contributed by atoms with Gasteiger partial charge in [-0.15, -0.1) is 11.3 Å². The smallest absolute Gasteiger partial charge is 0.0363 e. The largest absolute Gasteiger partial charge is 0.316 e. The lowest BCUT2D eigenvalue weighted by atomic mass is 9.99. The summed E-state index contributed by atoms with van der Waals surface area (Å²) in [5.74, 6) is 0.517. The molecule has 1 aliphatic rings. The van der Waals surface area contributed by atoms with Gasteiger partial charge in [-0.2, -0.15) is 0 Å². The summed E-state index contributed by atoms with van der Waals surface area (Å²) in [6.45, 7) is 0.948. The Kier molecular flexibility index (Phi) is 3.62. The van der Waals surface area contributed by atoms with Crippen molar-refractivity contribution in [1.29, 1.82) is 0 Å². The zero-order valence-electron chi connectivity index (χ0n) is 8.66. The molecule has 0 saturated carbocycles. The number of halogens is 1. The van der Waals surface area contributed by atoms with Crippen molar-refractivity contribution < 1.29 is 0 Å². The van der Waals surface area contributed by atoms with E-state index >= 15 is 0 Å². The van der Waals surface area contributed by atoms with Crippen LogP contribution >= 0.6 is 22.9 Å². The molecule has 1 atom stereocenters. The fourth-order valence-electron chi connectivity index (χ4n) is 1.69. The van der Waals surface area contributed by atoms with Crippen molar-refractivity contribution in [2.75, 3.05) is 7.05 Å². The lowest BCUT2D eigenvalue weighted by Crippen LogP contribution is -2.03. The predicted molar refractivity (Wildman–Crippen MR) is 67.5 cm³/mol. The van der Waals surface area contributed by atoms with Gasteiger partial charge in [-0.1, -0.05) is 23.8 Å². The first kappa shape index (κ1) is 10.9. The number of rotatable bonds is 3. The molecule has 0 saturated heterocycles. The minimum absolute atomic E-state index is 0.517. The van der Waals surface area contributed by atoms with E-state index in [1.54, 1.807) is 0 Å². The van der Waals surface area contributed by atoms with Crippen LogP contribution in [0.4, 0.5) is 0 Å². The van der Waals surface area contributed by atoms with Gasteiger partial charge in [0, 0.05) is 22.4 Å². The molecule has 0 radical (unpaired) electrons. The molecule has 0 bridgehead atoms. The van der Waals surface area contributed by atoms with Crippen molar-refractivity contribution in [3.8, 4) is 0 Å². The Morgan fingerprint density at radius 2 is 2.47 bits per heavy atom. The summed E-state index contributed by atoms with van der Waals surface area (Å²) in [7, 11) is 1.97. The van der Waals surface area contributed by atoms with Gasteiger partial charge >= 0.3 is 0 Å². The molecule has 1 aromatic rings. The molecule has 0 spiro atoms. The van der Waals surface area contributed by atoms with E-state index < -0.39 is 0 Å². The minimum atomic E-state index is 0.517. The van der Waals surface area contributed by atoms with E-state index in [1.165, 1.54) is 10.4 Å². The van der Waals surface area contributed by atoms with Crippen molar-refractivity contribution in [3.63, 3.8) is 0 Å². The van der Waals surface area contributed by atoms with E-state index in [0.717, 1.165) is 18.0 Å². The predicted octanol–water partition coefficient (Wildman–Crippen LogP) is 3.63. The Hall–Kier alpha value is -0.570. The Morgan fingerprint density at radius 1 is 1.60 bits per heavy atom. The molecule has 1 unspecified atom stereocenters. The van der Waals surface area contributed by atoms with Crippen molar-refractivity contribution >= 4 is 22.9 Å². The number of hydrogen-bond donors (Lipinski definition) is 1. The highest BCUT2D eigenvalue weighted by atomic mass is 35.5. The molecule has 1 aromatic heterocycles. The second-order valence-electron chi connectivity index (χ2n) is 3.68. The standard InChI is InChI=1S/C12H14ClNS/c1-14-7-9-6-12(15-8-9)10-2-4-11(13)5-3-10/h2,4-6,8,10,14H,3,7H2,1H3. The topological polar surface area (TPSA) is 12.0 Å². The van der Waals surface area contributed by atoms with Crippen molar-refractivity contribution in [2.45, 2.75) is 18.9 Å². The monoisotopic (exact) mass is 239 g/mol. The quantitative estimate of drug-likeness (QED) is 0.850. The summed E-state index contributed by atoms with van der Waals surface area (Å²) in [4.78, 5) is 1.43. The van der Waals surface area contributed by atoms with Crippen LogP contribution < -0.4 is 5.32 Å². The highest BCUT2D eigenvalue weighted by Gasteiger charge is 2.12. The molecule has 1 N–H and O–H groups in total. The summed E-state index contributed by atoms with van der Waals surface area (Å²) in [5, 5.41) is 6.24. The van der Waals surface area contributed by atoms with E-state index in [-0.39, 0.29) is 0 Å². The summed E-state index contributed by atoms with van der Waals surface area (Å²) in [6, 6.07) is 2.28. The van der Waals surface area contributed by atoms with Gasteiger partial charge in [0.2, 0.25) is 0 Å². The first-order valence-electron chi connectivity index (χ1n) is 5.05. The first-order chi connectivity index (χ1) is 7.29. The lowest BCUT2D eigenvalue weighted by molar-refractivity contribution is 0.816. The number of thiophene rings is 1. The van der Waals surface area contributed by atoms with E-state index in [4.69, 9.17) is 11.6 Å². The fraction of sp³-hybridized carbons (Fsp3) is 0.333. The van der Waals surface area contributed by atoms with E-state index in [2.05, 4.69) is 28.9 Å². The maximum Gasteiger partial charge on any atom is 0.0363 e. The third-order valence-electron chi connectivity index (χ3n) is 2.47. The number of hydrogen-bond acceptors (Lipinski definition) is 2. The number of allylic oxidation sites excluding steroid dienone is 4. The zero-order valence-corrected chi connectivity index (χ0v) is 10.2. The van der Waals surface area contributed by atoms with Gasteiger partial charge < -0.3 is 5.32 Å². The van der Waals surface area contributed by atoms with E-state index in [9.17, 15) is 0 Å². The maximum atomic E-state index is 5.89. The maximum absolute atomic E-state index is 5.89. The molecule has 0 aromatic carbocycles. The molecule has 0 aliphatic heterocycles. The van der Waals surface area contributed by atoms with Crippen molar-refractivity contribution in [3.05, 3.63) is 45.1 Å². The molecule has 0 amide bonds. The highest BCUT2D eigenvalue weighted by Crippen LogP contribution is 2.31. The molecule has 3 heteroatoms. The van der Waals surface area contributed by atoms with Crippen LogP contribution in [0.5, 0.6) is 0 Å². The van der Waals surface area contributed by atoms with Gasteiger partial charge in [0.1, 0.15) is 0 Å². The second kappa shape index (κ2) is 4.97. The van der Waals surface area contributed by atoms with Gasteiger partial charge in [-0.3, -0.25) is 0 Å². The van der Waals surface area contributed by atoms with Gasteiger partial charge in [0.05, 0.1) is 0 Å². The van der Waals surface area contributed by atoms with Crippen LogP contribution in [0.3, 0.4) is 0 Å². The summed E-state index contributed by atoms with van der Waals surface area (Å²) in [6.07, 6.45) is 7.29. The summed E-state index contributed by atoms with van der Waals surface area (Å²) >= 11 is 7.73. The van der Waals surface area contributed by atoms with Crippen LogP contribution in [0.15, 0.2) is 34.7 Å². The van der Waals surface area contributed by atoms with Crippen LogP contribution in [-0.4, -0.2) is 7.05 Å². The molecule has 0 fully saturated rings. The first-order valence-corrected chi connectivity index (χ1v) is 6.31.